The highest BCUT2D eigenvalue weighted by Gasteiger charge is 2.18. The molecule has 110 valence electrons. The van der Waals surface area contributed by atoms with Crippen LogP contribution in [0.4, 0.5) is 0 Å². The van der Waals surface area contributed by atoms with E-state index in [9.17, 15) is 0 Å². The first kappa shape index (κ1) is 14.6. The van der Waals surface area contributed by atoms with Gasteiger partial charge < -0.3 is 10.2 Å². The third-order valence-electron chi connectivity index (χ3n) is 4.31. The zero-order valence-electron chi connectivity index (χ0n) is 12.2. The molecule has 4 N–H and O–H groups in total. The van der Waals surface area contributed by atoms with Crippen LogP contribution in [0.15, 0.2) is 4.99 Å². The zero-order valence-corrected chi connectivity index (χ0v) is 12.2. The fraction of sp³-hybridized carbons (Fsp3) is 0.929. The zero-order chi connectivity index (χ0) is 13.5. The lowest BCUT2D eigenvalue weighted by molar-refractivity contribution is 0.214. The lowest BCUT2D eigenvalue weighted by Crippen LogP contribution is -2.47. The van der Waals surface area contributed by atoms with Crippen molar-refractivity contribution in [2.45, 2.75) is 51.0 Å². The number of guanidine groups is 1. The monoisotopic (exact) mass is 267 g/mol. The third-order valence-corrected chi connectivity index (χ3v) is 4.31. The van der Waals surface area contributed by atoms with Crippen molar-refractivity contribution in [2.75, 3.05) is 26.7 Å². The molecule has 1 saturated carbocycles. The normalized spacial score (nSPS) is 27.3. The smallest absolute Gasteiger partial charge is 0.205 e. The van der Waals surface area contributed by atoms with Gasteiger partial charge in [0, 0.05) is 19.1 Å². The molecule has 1 aliphatic carbocycles. The van der Waals surface area contributed by atoms with E-state index in [1.54, 1.807) is 0 Å². The summed E-state index contributed by atoms with van der Waals surface area (Å²) in [5.41, 5.74) is 2.73. The molecular weight excluding hydrogens is 238 g/mol. The number of likely N-dealkylation sites (tertiary alicyclic amines) is 1. The lowest BCUT2D eigenvalue weighted by Gasteiger charge is -2.29. The first-order valence-electron chi connectivity index (χ1n) is 7.74. The maximum absolute atomic E-state index is 5.58. The highest BCUT2D eigenvalue weighted by Crippen LogP contribution is 2.17. The number of nitrogens with one attached hydrogen (secondary N) is 2. The van der Waals surface area contributed by atoms with Crippen molar-refractivity contribution >= 4 is 5.96 Å². The molecule has 0 amide bonds. The molecule has 19 heavy (non-hydrogen) atoms. The molecule has 0 aromatic carbocycles. The first-order valence-corrected chi connectivity index (χ1v) is 7.74. The standard InChI is InChI=1S/C14H29N5/c1-19-9-5-6-12(11-19)10-16-14(18-15)17-13-7-3-2-4-8-13/h12-13H,2-11,15H2,1H3,(H2,16,17,18). The molecule has 0 aromatic rings. The van der Waals surface area contributed by atoms with Crippen molar-refractivity contribution in [2.24, 2.45) is 16.8 Å². The Kier molecular flexibility index (Phi) is 5.92. The number of hydrogen-bond donors (Lipinski definition) is 3. The highest BCUT2D eigenvalue weighted by molar-refractivity contribution is 5.79. The van der Waals surface area contributed by atoms with Gasteiger partial charge >= 0.3 is 0 Å². The molecular formula is C14H29N5. The van der Waals surface area contributed by atoms with E-state index in [0.717, 1.165) is 19.0 Å². The van der Waals surface area contributed by atoms with E-state index in [0.29, 0.717) is 12.0 Å². The Bertz CT molecular complexity index is 286. The summed E-state index contributed by atoms with van der Waals surface area (Å²) in [4.78, 5) is 7.03. The summed E-state index contributed by atoms with van der Waals surface area (Å²) in [6.45, 7) is 3.26. The predicted octanol–water partition coefficient (Wildman–Crippen LogP) is 1.07. The molecule has 5 heteroatoms. The number of nitrogens with zero attached hydrogens (tertiary/aromatic N) is 2. The Morgan fingerprint density at radius 1 is 1.21 bits per heavy atom. The van der Waals surface area contributed by atoms with Crippen LogP contribution in [0.2, 0.25) is 0 Å². The fourth-order valence-electron chi connectivity index (χ4n) is 3.22. The van der Waals surface area contributed by atoms with E-state index in [2.05, 4.69) is 27.7 Å². The summed E-state index contributed by atoms with van der Waals surface area (Å²) in [6, 6.07) is 0.553. The topological polar surface area (TPSA) is 65.7 Å². The number of hydrazine groups is 1. The molecule has 1 heterocycles. The summed E-state index contributed by atoms with van der Waals surface area (Å²) >= 11 is 0. The van der Waals surface area contributed by atoms with Gasteiger partial charge in [-0.05, 0) is 45.2 Å². The summed E-state index contributed by atoms with van der Waals surface area (Å²) in [6.07, 6.45) is 9.08. The summed E-state index contributed by atoms with van der Waals surface area (Å²) in [5.74, 6) is 7.03. The van der Waals surface area contributed by atoms with Crippen LogP contribution in [0.1, 0.15) is 44.9 Å². The van der Waals surface area contributed by atoms with E-state index in [1.165, 1.54) is 51.5 Å². The molecule has 0 aromatic heterocycles. The van der Waals surface area contributed by atoms with Crippen molar-refractivity contribution in [3.05, 3.63) is 0 Å². The summed E-state index contributed by atoms with van der Waals surface area (Å²) in [5, 5.41) is 3.46. The number of hydrogen-bond acceptors (Lipinski definition) is 3. The minimum atomic E-state index is 0.553. The number of aliphatic imine (C=N–C) groups is 1. The summed E-state index contributed by atoms with van der Waals surface area (Å²) < 4.78 is 0. The van der Waals surface area contributed by atoms with E-state index in [1.807, 2.05) is 0 Å². The van der Waals surface area contributed by atoms with Gasteiger partial charge in [0.05, 0.1) is 0 Å². The Balaban J connectivity index is 1.77. The fourth-order valence-corrected chi connectivity index (χ4v) is 3.22. The molecule has 1 aliphatic heterocycles. The second-order valence-electron chi connectivity index (χ2n) is 6.08. The Labute approximate surface area is 117 Å². The van der Waals surface area contributed by atoms with Gasteiger partial charge in [0.25, 0.3) is 0 Å². The van der Waals surface area contributed by atoms with Crippen LogP contribution in [-0.4, -0.2) is 43.6 Å². The largest absolute Gasteiger partial charge is 0.353 e. The Morgan fingerprint density at radius 3 is 2.68 bits per heavy atom. The number of rotatable bonds is 3. The minimum absolute atomic E-state index is 0.553. The van der Waals surface area contributed by atoms with Gasteiger partial charge in [0.15, 0.2) is 0 Å². The van der Waals surface area contributed by atoms with Gasteiger partial charge in [0.2, 0.25) is 5.96 Å². The van der Waals surface area contributed by atoms with Crippen LogP contribution in [0.25, 0.3) is 0 Å². The van der Waals surface area contributed by atoms with Crippen molar-refractivity contribution in [3.8, 4) is 0 Å². The Morgan fingerprint density at radius 2 is 2.00 bits per heavy atom. The van der Waals surface area contributed by atoms with Crippen LogP contribution < -0.4 is 16.6 Å². The molecule has 0 bridgehead atoms. The lowest BCUT2D eigenvalue weighted by atomic mass is 9.96. The molecule has 2 aliphatic rings. The SMILES string of the molecule is CN1CCCC(CN=C(NN)NC2CCCCC2)C1. The molecule has 5 nitrogen and oxygen atoms in total. The van der Waals surface area contributed by atoms with E-state index in [-0.39, 0.29) is 0 Å². The van der Waals surface area contributed by atoms with Gasteiger partial charge in [-0.25, -0.2) is 5.84 Å². The van der Waals surface area contributed by atoms with E-state index >= 15 is 0 Å². The van der Waals surface area contributed by atoms with Crippen LogP contribution in [0.3, 0.4) is 0 Å². The number of nitrogens with two attached hydrogens (primary N) is 1. The van der Waals surface area contributed by atoms with Gasteiger partial charge in [0.1, 0.15) is 0 Å². The maximum atomic E-state index is 5.58. The van der Waals surface area contributed by atoms with Crippen LogP contribution in [0, 0.1) is 5.92 Å². The van der Waals surface area contributed by atoms with E-state index < -0.39 is 0 Å². The van der Waals surface area contributed by atoms with Crippen molar-refractivity contribution in [1.29, 1.82) is 0 Å². The van der Waals surface area contributed by atoms with E-state index in [4.69, 9.17) is 5.84 Å². The average molecular weight is 267 g/mol. The van der Waals surface area contributed by atoms with Crippen molar-refractivity contribution in [1.82, 2.24) is 15.6 Å². The quantitative estimate of drug-likeness (QED) is 0.310. The van der Waals surface area contributed by atoms with Gasteiger partial charge in [-0.1, -0.05) is 19.3 Å². The molecule has 1 saturated heterocycles. The average Bonchev–Trinajstić information content (AvgIpc) is 2.44. The molecule has 2 fully saturated rings. The van der Waals surface area contributed by atoms with Crippen LogP contribution >= 0.6 is 0 Å². The van der Waals surface area contributed by atoms with Crippen molar-refractivity contribution < 1.29 is 0 Å². The van der Waals surface area contributed by atoms with Crippen LogP contribution in [0.5, 0.6) is 0 Å². The summed E-state index contributed by atoms with van der Waals surface area (Å²) in [7, 11) is 2.19. The van der Waals surface area contributed by atoms with Crippen molar-refractivity contribution in [3.63, 3.8) is 0 Å². The predicted molar refractivity (Wildman–Crippen MR) is 79.9 cm³/mol. The maximum Gasteiger partial charge on any atom is 0.205 e. The van der Waals surface area contributed by atoms with Gasteiger partial charge in [-0.3, -0.25) is 10.4 Å². The second-order valence-corrected chi connectivity index (χ2v) is 6.08. The third kappa shape index (κ3) is 4.99. The van der Waals surface area contributed by atoms with Gasteiger partial charge in [-0.2, -0.15) is 0 Å². The first-order chi connectivity index (χ1) is 9.28. The van der Waals surface area contributed by atoms with Crippen LogP contribution in [-0.2, 0) is 0 Å². The molecule has 1 unspecified atom stereocenters. The second kappa shape index (κ2) is 7.70. The molecule has 0 spiro atoms. The minimum Gasteiger partial charge on any atom is -0.353 e. The Hall–Kier alpha value is -0.810. The number of piperidine rings is 1. The molecule has 0 radical (unpaired) electrons. The molecule has 2 rings (SSSR count). The molecule has 1 atom stereocenters. The highest BCUT2D eigenvalue weighted by atomic mass is 15.3. The van der Waals surface area contributed by atoms with Gasteiger partial charge in [-0.15, -0.1) is 0 Å².